The van der Waals surface area contributed by atoms with Gasteiger partial charge in [0.05, 0.1) is 18.0 Å². The van der Waals surface area contributed by atoms with Crippen LogP contribution < -0.4 is 10.9 Å². The molecule has 0 bridgehead atoms. The van der Waals surface area contributed by atoms with Crippen LogP contribution in [0.25, 0.3) is 0 Å². The van der Waals surface area contributed by atoms with Crippen LogP contribution in [0.4, 0.5) is 5.69 Å². The second-order valence-corrected chi connectivity index (χ2v) is 4.70. The number of carbonyl (C=O) groups excluding carboxylic acids is 2. The lowest BCUT2D eigenvalue weighted by molar-refractivity contribution is -0.135. The highest BCUT2D eigenvalue weighted by molar-refractivity contribution is 6.35. The highest BCUT2D eigenvalue weighted by atomic mass is 16.5. The Balaban J connectivity index is 1.99. The minimum atomic E-state index is -0.445. The van der Waals surface area contributed by atoms with Crippen LogP contribution in [0.2, 0.25) is 0 Å². The summed E-state index contributed by atoms with van der Waals surface area (Å²) in [6.45, 7) is 3.64. The smallest absolute Gasteiger partial charge is 0.354 e. The van der Waals surface area contributed by atoms with Gasteiger partial charge in [-0.25, -0.2) is 10.2 Å². The van der Waals surface area contributed by atoms with Gasteiger partial charge in [-0.1, -0.05) is 12.1 Å². The molecule has 0 unspecified atom stereocenters. The number of amides is 1. The van der Waals surface area contributed by atoms with E-state index in [1.807, 2.05) is 24.3 Å². The molecule has 0 spiro atoms. The highest BCUT2D eigenvalue weighted by Gasteiger charge is 2.13. The van der Waals surface area contributed by atoms with Gasteiger partial charge in [0.1, 0.15) is 5.71 Å². The summed E-state index contributed by atoms with van der Waals surface area (Å²) in [6.07, 6.45) is 1.07. The van der Waals surface area contributed by atoms with Crippen molar-refractivity contribution in [2.24, 2.45) is 10.2 Å². The van der Waals surface area contributed by atoms with E-state index in [0.29, 0.717) is 19.4 Å². The van der Waals surface area contributed by atoms with Crippen molar-refractivity contribution in [3.8, 4) is 0 Å². The molecule has 1 aliphatic heterocycles. The van der Waals surface area contributed by atoms with Gasteiger partial charge in [0, 0.05) is 12.8 Å². The van der Waals surface area contributed by atoms with Crippen LogP contribution in [0.1, 0.15) is 32.3 Å². The number of hydrogen-bond donors (Lipinski definition) is 2. The molecule has 1 amide bonds. The van der Waals surface area contributed by atoms with Crippen LogP contribution >= 0.6 is 0 Å². The average Bonchev–Trinajstić information content (AvgIpc) is 2.54. The molecule has 1 aromatic carbocycles. The Kier molecular flexibility index (Phi) is 5.24. The van der Waals surface area contributed by atoms with Gasteiger partial charge in [0.25, 0.3) is 0 Å². The van der Waals surface area contributed by atoms with E-state index in [4.69, 9.17) is 4.74 Å². The molecule has 0 saturated carbocycles. The Morgan fingerprint density at radius 3 is 2.68 bits per heavy atom. The lowest BCUT2D eigenvalue weighted by Gasteiger charge is -2.12. The van der Waals surface area contributed by atoms with Gasteiger partial charge in [-0.05, 0) is 31.5 Å². The van der Waals surface area contributed by atoms with E-state index in [0.717, 1.165) is 17.0 Å². The van der Waals surface area contributed by atoms with Gasteiger partial charge in [0.15, 0.2) is 0 Å². The summed E-state index contributed by atoms with van der Waals surface area (Å²) in [5.74, 6) is -0.510. The molecule has 2 N–H and O–H groups in total. The third-order valence-electron chi connectivity index (χ3n) is 3.05. The Hall–Kier alpha value is -2.70. The number of nitrogens with zero attached hydrogens (tertiary/aromatic N) is 2. The van der Waals surface area contributed by atoms with Gasteiger partial charge in [-0.3, -0.25) is 10.2 Å². The number of ether oxygens (including phenoxy) is 1. The maximum Gasteiger partial charge on any atom is 0.354 e. The van der Waals surface area contributed by atoms with Gasteiger partial charge in [-0.15, -0.1) is 0 Å². The Bertz CT molecular complexity index is 620. The lowest BCUT2D eigenvalue weighted by atomic mass is 10.0. The first kappa shape index (κ1) is 15.7. The molecule has 0 aromatic heterocycles. The van der Waals surface area contributed by atoms with E-state index < -0.39 is 5.97 Å². The largest absolute Gasteiger partial charge is 0.461 e. The molecule has 0 atom stereocenters. The minimum Gasteiger partial charge on any atom is -0.461 e. The molecule has 1 aliphatic rings. The van der Waals surface area contributed by atoms with Crippen molar-refractivity contribution in [3.63, 3.8) is 0 Å². The van der Waals surface area contributed by atoms with Gasteiger partial charge >= 0.3 is 5.97 Å². The fraction of sp³-hybridized carbons (Fsp3) is 0.333. The Morgan fingerprint density at radius 2 is 2.09 bits per heavy atom. The van der Waals surface area contributed by atoms with Crippen LogP contribution in [-0.2, 0) is 14.3 Å². The van der Waals surface area contributed by atoms with E-state index in [-0.39, 0.29) is 11.6 Å². The lowest BCUT2D eigenvalue weighted by Crippen LogP contribution is -2.25. The van der Waals surface area contributed by atoms with Gasteiger partial charge in [-0.2, -0.15) is 10.2 Å². The molecule has 7 heteroatoms. The first-order valence-corrected chi connectivity index (χ1v) is 7.03. The summed E-state index contributed by atoms with van der Waals surface area (Å²) in [5, 5.41) is 8.01. The molecule has 22 heavy (non-hydrogen) atoms. The normalized spacial score (nSPS) is 14.9. The highest BCUT2D eigenvalue weighted by Crippen LogP contribution is 2.14. The second-order valence-electron chi connectivity index (χ2n) is 4.70. The number of nitrogens with one attached hydrogen (secondary N) is 2. The third-order valence-corrected chi connectivity index (χ3v) is 3.05. The van der Waals surface area contributed by atoms with E-state index in [1.165, 1.54) is 0 Å². The molecule has 1 aromatic rings. The van der Waals surface area contributed by atoms with Crippen molar-refractivity contribution in [1.29, 1.82) is 0 Å². The molecule has 0 fully saturated rings. The Morgan fingerprint density at radius 1 is 1.36 bits per heavy atom. The topological polar surface area (TPSA) is 92.2 Å². The van der Waals surface area contributed by atoms with E-state index in [9.17, 15) is 9.59 Å². The van der Waals surface area contributed by atoms with Gasteiger partial charge in [0.2, 0.25) is 5.91 Å². The van der Waals surface area contributed by atoms with Crippen LogP contribution in [0.3, 0.4) is 0 Å². The summed E-state index contributed by atoms with van der Waals surface area (Å²) < 4.78 is 4.84. The van der Waals surface area contributed by atoms with Crippen molar-refractivity contribution in [1.82, 2.24) is 5.43 Å². The molecular weight excluding hydrogens is 284 g/mol. The van der Waals surface area contributed by atoms with Crippen LogP contribution in [0.5, 0.6) is 0 Å². The molecular formula is C15H18N4O3. The predicted octanol–water partition coefficient (Wildman–Crippen LogP) is 1.65. The van der Waals surface area contributed by atoms with Crippen molar-refractivity contribution in [3.05, 3.63) is 29.8 Å². The number of rotatable bonds is 5. The summed E-state index contributed by atoms with van der Waals surface area (Å²) in [5.41, 5.74) is 8.05. The molecule has 116 valence electrons. The molecule has 1 heterocycles. The zero-order valence-corrected chi connectivity index (χ0v) is 12.5. The van der Waals surface area contributed by atoms with Crippen molar-refractivity contribution in [2.75, 3.05) is 12.0 Å². The minimum absolute atomic E-state index is 0.0641. The monoisotopic (exact) mass is 302 g/mol. The summed E-state index contributed by atoms with van der Waals surface area (Å²) in [4.78, 5) is 22.5. The summed E-state index contributed by atoms with van der Waals surface area (Å²) >= 11 is 0. The van der Waals surface area contributed by atoms with E-state index in [1.54, 1.807) is 13.8 Å². The Labute approximate surface area is 128 Å². The van der Waals surface area contributed by atoms with Crippen molar-refractivity contribution in [2.45, 2.75) is 26.7 Å². The van der Waals surface area contributed by atoms with Crippen LogP contribution in [0, 0.1) is 0 Å². The molecule has 2 rings (SSSR count). The van der Waals surface area contributed by atoms with Crippen LogP contribution in [0.15, 0.2) is 34.5 Å². The van der Waals surface area contributed by atoms with Crippen molar-refractivity contribution < 1.29 is 14.3 Å². The summed E-state index contributed by atoms with van der Waals surface area (Å²) in [6, 6.07) is 7.42. The maximum absolute atomic E-state index is 11.4. The third kappa shape index (κ3) is 4.15. The fourth-order valence-corrected chi connectivity index (χ4v) is 1.85. The first-order valence-electron chi connectivity index (χ1n) is 7.03. The number of esters is 1. The molecule has 0 radical (unpaired) electrons. The average molecular weight is 302 g/mol. The molecule has 0 saturated heterocycles. The van der Waals surface area contributed by atoms with E-state index in [2.05, 4.69) is 21.1 Å². The quantitative estimate of drug-likeness (QED) is 0.491. The standard InChI is InChI=1S/C15H18N4O3/c1-3-22-15(21)10(2)16-17-12-6-4-11(5-7-12)13-8-9-14(20)19-18-13/h4-7,17H,3,8-9H2,1-2H3,(H,19,20). The number of hydrogen-bond acceptors (Lipinski definition) is 6. The molecule has 7 nitrogen and oxygen atoms in total. The number of carbonyl (C=O) groups is 2. The molecule has 0 aliphatic carbocycles. The van der Waals surface area contributed by atoms with Crippen LogP contribution in [-0.4, -0.2) is 29.9 Å². The predicted molar refractivity (Wildman–Crippen MR) is 83.7 cm³/mol. The van der Waals surface area contributed by atoms with Gasteiger partial charge < -0.3 is 4.74 Å². The SMILES string of the molecule is CCOC(=O)C(C)=NNc1ccc(C2=NNC(=O)CC2)cc1. The first-order chi connectivity index (χ1) is 10.6. The number of anilines is 1. The summed E-state index contributed by atoms with van der Waals surface area (Å²) in [7, 11) is 0. The number of hydrazone groups is 2. The number of benzene rings is 1. The zero-order valence-electron chi connectivity index (χ0n) is 12.5. The second kappa shape index (κ2) is 7.35. The van der Waals surface area contributed by atoms with E-state index >= 15 is 0 Å². The maximum atomic E-state index is 11.4. The zero-order chi connectivity index (χ0) is 15.9. The fourth-order valence-electron chi connectivity index (χ4n) is 1.85. The van der Waals surface area contributed by atoms with Crippen molar-refractivity contribution >= 4 is 29.0 Å².